The molecule has 1 fully saturated rings. The SMILES string of the molecule is CCN(C(=S)Nc1ccc(F)cc1F)C1CCCCC1. The molecule has 0 aliphatic heterocycles. The number of thiocarbonyl (C=S) groups is 1. The zero-order valence-electron chi connectivity index (χ0n) is 11.7. The number of nitrogens with one attached hydrogen (secondary N) is 1. The Balaban J connectivity index is 2.04. The van der Waals surface area contributed by atoms with E-state index in [0.29, 0.717) is 11.2 Å². The highest BCUT2D eigenvalue weighted by atomic mass is 32.1. The molecule has 0 amide bonds. The Morgan fingerprint density at radius 2 is 2.00 bits per heavy atom. The average molecular weight is 298 g/mol. The van der Waals surface area contributed by atoms with Gasteiger partial charge in [0.1, 0.15) is 11.6 Å². The Bertz CT molecular complexity index is 473. The molecule has 2 nitrogen and oxygen atoms in total. The minimum atomic E-state index is -0.618. The number of hydrogen-bond donors (Lipinski definition) is 1. The third-order valence-electron chi connectivity index (χ3n) is 3.79. The number of halogens is 2. The highest BCUT2D eigenvalue weighted by molar-refractivity contribution is 7.80. The Morgan fingerprint density at radius 1 is 1.30 bits per heavy atom. The summed E-state index contributed by atoms with van der Waals surface area (Å²) >= 11 is 5.38. The fraction of sp³-hybridized carbons (Fsp3) is 0.533. The fourth-order valence-corrected chi connectivity index (χ4v) is 3.13. The maximum absolute atomic E-state index is 13.6. The zero-order valence-corrected chi connectivity index (χ0v) is 12.5. The standard InChI is InChI=1S/C15H20F2N2S/c1-2-19(12-6-4-3-5-7-12)15(20)18-14-9-8-11(16)10-13(14)17/h8-10,12H,2-7H2,1H3,(H,18,20). The molecule has 0 saturated heterocycles. The van der Waals surface area contributed by atoms with Crippen LogP contribution in [0.15, 0.2) is 18.2 Å². The van der Waals surface area contributed by atoms with E-state index in [0.717, 1.165) is 25.5 Å². The van der Waals surface area contributed by atoms with Crippen molar-refractivity contribution < 1.29 is 8.78 Å². The smallest absolute Gasteiger partial charge is 0.173 e. The summed E-state index contributed by atoms with van der Waals surface area (Å²) in [7, 11) is 0. The van der Waals surface area contributed by atoms with Gasteiger partial charge in [-0.05, 0) is 44.1 Å². The van der Waals surface area contributed by atoms with Crippen molar-refractivity contribution in [3.63, 3.8) is 0 Å². The predicted octanol–water partition coefficient (Wildman–Crippen LogP) is 4.32. The van der Waals surface area contributed by atoms with E-state index in [9.17, 15) is 8.78 Å². The summed E-state index contributed by atoms with van der Waals surface area (Å²) in [6, 6.07) is 3.90. The van der Waals surface area contributed by atoms with Crippen molar-refractivity contribution in [3.8, 4) is 0 Å². The van der Waals surface area contributed by atoms with Crippen molar-refractivity contribution in [1.82, 2.24) is 4.90 Å². The van der Waals surface area contributed by atoms with Crippen molar-refractivity contribution in [1.29, 1.82) is 0 Å². The van der Waals surface area contributed by atoms with Gasteiger partial charge in [-0.15, -0.1) is 0 Å². The molecule has 0 bridgehead atoms. The van der Waals surface area contributed by atoms with Gasteiger partial charge in [-0.2, -0.15) is 0 Å². The first kappa shape index (κ1) is 15.2. The molecule has 0 unspecified atom stereocenters. The highest BCUT2D eigenvalue weighted by Gasteiger charge is 2.22. The van der Waals surface area contributed by atoms with Gasteiger partial charge in [0, 0.05) is 18.7 Å². The van der Waals surface area contributed by atoms with Crippen LogP contribution in [-0.4, -0.2) is 22.6 Å². The van der Waals surface area contributed by atoms with Crippen LogP contribution in [0.25, 0.3) is 0 Å². The fourth-order valence-electron chi connectivity index (χ4n) is 2.74. The van der Waals surface area contributed by atoms with Gasteiger partial charge in [0.25, 0.3) is 0 Å². The molecule has 0 heterocycles. The maximum Gasteiger partial charge on any atom is 0.173 e. The van der Waals surface area contributed by atoms with E-state index in [-0.39, 0.29) is 5.69 Å². The molecule has 0 atom stereocenters. The predicted molar refractivity (Wildman–Crippen MR) is 81.8 cm³/mol. The van der Waals surface area contributed by atoms with Crippen LogP contribution in [0.4, 0.5) is 14.5 Å². The van der Waals surface area contributed by atoms with Crippen LogP contribution >= 0.6 is 12.2 Å². The lowest BCUT2D eigenvalue weighted by Gasteiger charge is -2.35. The van der Waals surface area contributed by atoms with Crippen LogP contribution in [-0.2, 0) is 0 Å². The number of anilines is 1. The normalized spacial score (nSPS) is 15.9. The average Bonchev–Trinajstić information content (AvgIpc) is 2.44. The summed E-state index contributed by atoms with van der Waals surface area (Å²) in [5.74, 6) is -1.20. The zero-order chi connectivity index (χ0) is 14.5. The largest absolute Gasteiger partial charge is 0.346 e. The van der Waals surface area contributed by atoms with E-state index in [4.69, 9.17) is 12.2 Å². The quantitative estimate of drug-likeness (QED) is 0.837. The minimum absolute atomic E-state index is 0.227. The Labute approximate surface area is 124 Å². The first-order chi connectivity index (χ1) is 9.61. The van der Waals surface area contributed by atoms with Gasteiger partial charge in [-0.25, -0.2) is 8.78 Å². The molecule has 1 N–H and O–H groups in total. The van der Waals surface area contributed by atoms with E-state index < -0.39 is 11.6 Å². The van der Waals surface area contributed by atoms with Crippen LogP contribution in [0, 0.1) is 11.6 Å². The molecule has 1 aliphatic carbocycles. The van der Waals surface area contributed by atoms with Crippen molar-refractivity contribution in [2.75, 3.05) is 11.9 Å². The minimum Gasteiger partial charge on any atom is -0.346 e. The summed E-state index contributed by atoms with van der Waals surface area (Å²) in [4.78, 5) is 2.11. The number of rotatable bonds is 3. The van der Waals surface area contributed by atoms with Crippen molar-refractivity contribution in [3.05, 3.63) is 29.8 Å². The molecular weight excluding hydrogens is 278 g/mol. The highest BCUT2D eigenvalue weighted by Crippen LogP contribution is 2.24. The van der Waals surface area contributed by atoms with Gasteiger partial charge in [-0.1, -0.05) is 19.3 Å². The Morgan fingerprint density at radius 3 is 2.60 bits per heavy atom. The van der Waals surface area contributed by atoms with Crippen LogP contribution in [0.5, 0.6) is 0 Å². The summed E-state index contributed by atoms with van der Waals surface area (Å²) in [5, 5.41) is 3.42. The lowest BCUT2D eigenvalue weighted by atomic mass is 9.94. The van der Waals surface area contributed by atoms with Crippen LogP contribution < -0.4 is 5.32 Å². The number of hydrogen-bond acceptors (Lipinski definition) is 1. The second-order valence-electron chi connectivity index (χ2n) is 5.13. The van der Waals surface area contributed by atoms with E-state index >= 15 is 0 Å². The monoisotopic (exact) mass is 298 g/mol. The van der Waals surface area contributed by atoms with Crippen LogP contribution in [0.3, 0.4) is 0 Å². The lowest BCUT2D eigenvalue weighted by Crippen LogP contribution is -2.43. The molecular formula is C15H20F2N2S. The number of nitrogens with zero attached hydrogens (tertiary/aromatic N) is 1. The van der Waals surface area contributed by atoms with Gasteiger partial charge in [0.2, 0.25) is 0 Å². The molecule has 2 rings (SSSR count). The molecule has 1 aliphatic rings. The Hall–Kier alpha value is -1.23. The summed E-state index contributed by atoms with van der Waals surface area (Å²) in [6.45, 7) is 2.84. The van der Waals surface area contributed by atoms with E-state index in [1.807, 2.05) is 6.92 Å². The first-order valence-corrected chi connectivity index (χ1v) is 7.55. The molecule has 1 aromatic carbocycles. The summed E-state index contributed by atoms with van der Waals surface area (Å²) in [6.07, 6.45) is 5.97. The third kappa shape index (κ3) is 3.66. The van der Waals surface area contributed by atoms with Crippen LogP contribution in [0.2, 0.25) is 0 Å². The van der Waals surface area contributed by atoms with E-state index in [2.05, 4.69) is 10.2 Å². The molecule has 0 radical (unpaired) electrons. The molecule has 0 aromatic heterocycles. The van der Waals surface area contributed by atoms with Gasteiger partial charge in [0.05, 0.1) is 5.69 Å². The van der Waals surface area contributed by atoms with Crippen molar-refractivity contribution in [2.24, 2.45) is 0 Å². The van der Waals surface area contributed by atoms with Crippen molar-refractivity contribution in [2.45, 2.75) is 45.1 Å². The third-order valence-corrected chi connectivity index (χ3v) is 4.13. The van der Waals surface area contributed by atoms with Crippen LogP contribution in [0.1, 0.15) is 39.0 Å². The second kappa shape index (κ2) is 6.97. The maximum atomic E-state index is 13.6. The first-order valence-electron chi connectivity index (χ1n) is 7.14. The van der Waals surface area contributed by atoms with Crippen molar-refractivity contribution >= 4 is 23.0 Å². The van der Waals surface area contributed by atoms with E-state index in [1.54, 1.807) is 0 Å². The molecule has 1 saturated carbocycles. The Kier molecular flexibility index (Phi) is 5.29. The van der Waals surface area contributed by atoms with Gasteiger partial charge >= 0.3 is 0 Å². The summed E-state index contributed by atoms with van der Waals surface area (Å²) < 4.78 is 26.5. The summed E-state index contributed by atoms with van der Waals surface area (Å²) in [5.41, 5.74) is 0.227. The van der Waals surface area contributed by atoms with Gasteiger partial charge < -0.3 is 10.2 Å². The molecule has 1 aromatic rings. The lowest BCUT2D eigenvalue weighted by molar-refractivity contribution is 0.255. The van der Waals surface area contributed by atoms with Gasteiger partial charge in [0.15, 0.2) is 5.11 Å². The molecule has 5 heteroatoms. The van der Waals surface area contributed by atoms with E-state index in [1.165, 1.54) is 31.4 Å². The molecule has 20 heavy (non-hydrogen) atoms. The van der Waals surface area contributed by atoms with Gasteiger partial charge in [-0.3, -0.25) is 0 Å². The topological polar surface area (TPSA) is 15.3 Å². The molecule has 110 valence electrons. The second-order valence-corrected chi connectivity index (χ2v) is 5.52. The number of benzene rings is 1. The molecule has 0 spiro atoms.